The third-order valence-corrected chi connectivity index (χ3v) is 5.88. The number of likely N-dealkylation sites (tertiary alicyclic amines) is 1. The molecule has 0 saturated carbocycles. The first-order valence-corrected chi connectivity index (χ1v) is 10.6. The smallest absolute Gasteiger partial charge is 0.410 e. The lowest BCUT2D eigenvalue weighted by Gasteiger charge is -2.34. The van der Waals surface area contributed by atoms with Crippen molar-refractivity contribution in [3.05, 3.63) is 36.8 Å². The van der Waals surface area contributed by atoms with Gasteiger partial charge in [-0.3, -0.25) is 0 Å². The number of rotatable bonds is 3. The molecular formula is C21H25N5O2S. The normalized spacial score (nSPS) is 17.3. The molecule has 0 spiro atoms. The molecule has 0 aliphatic carbocycles. The van der Waals surface area contributed by atoms with Crippen LogP contribution in [-0.2, 0) is 4.74 Å². The Morgan fingerprint density at radius 1 is 1.28 bits per heavy atom. The first kappa shape index (κ1) is 19.6. The standard InChI is InChI=1S/C21H25N5O2S/c1-21(2,3)28-20(27)26-10-4-5-15(13-26)25-19-16-11-18(14-6-9-23-24-12-14)29-17(16)7-8-22-19/h6-9,11-12,15H,4-5,10,13H2,1-3H3,(H,22,25)/t15-/m1/s1. The number of amides is 1. The minimum absolute atomic E-state index is 0.139. The van der Waals surface area contributed by atoms with Crippen LogP contribution >= 0.6 is 11.3 Å². The maximum atomic E-state index is 12.4. The highest BCUT2D eigenvalue weighted by Crippen LogP contribution is 2.36. The first-order chi connectivity index (χ1) is 13.9. The molecular weight excluding hydrogens is 386 g/mol. The Morgan fingerprint density at radius 3 is 2.90 bits per heavy atom. The van der Waals surface area contributed by atoms with E-state index >= 15 is 0 Å². The Kier molecular flexibility index (Phi) is 5.36. The van der Waals surface area contributed by atoms with Gasteiger partial charge in [-0.05, 0) is 51.8 Å². The number of hydrogen-bond acceptors (Lipinski definition) is 7. The molecule has 152 valence electrons. The van der Waals surface area contributed by atoms with E-state index in [1.165, 1.54) is 0 Å². The fraction of sp³-hybridized carbons (Fsp3) is 0.429. The summed E-state index contributed by atoms with van der Waals surface area (Å²) >= 11 is 1.71. The summed E-state index contributed by atoms with van der Waals surface area (Å²) in [5.74, 6) is 0.850. The van der Waals surface area contributed by atoms with Crippen LogP contribution in [0.3, 0.4) is 0 Å². The van der Waals surface area contributed by atoms with Gasteiger partial charge in [0.1, 0.15) is 11.4 Å². The minimum atomic E-state index is -0.487. The van der Waals surface area contributed by atoms with Crippen molar-refractivity contribution in [1.82, 2.24) is 20.1 Å². The van der Waals surface area contributed by atoms with Crippen molar-refractivity contribution >= 4 is 33.3 Å². The average molecular weight is 412 g/mol. The molecule has 0 aromatic carbocycles. The second kappa shape index (κ2) is 7.94. The van der Waals surface area contributed by atoms with Crippen molar-refractivity contribution in [2.24, 2.45) is 0 Å². The molecule has 3 aromatic rings. The Balaban J connectivity index is 1.52. The van der Waals surface area contributed by atoms with E-state index in [9.17, 15) is 4.79 Å². The monoisotopic (exact) mass is 411 g/mol. The zero-order valence-corrected chi connectivity index (χ0v) is 17.7. The molecule has 1 aliphatic heterocycles. The van der Waals surface area contributed by atoms with Gasteiger partial charge in [0.2, 0.25) is 0 Å². The SMILES string of the molecule is CC(C)(C)OC(=O)N1CCC[C@@H](Nc2nccc3sc(-c4ccnnc4)cc23)C1. The Hall–Kier alpha value is -2.74. The molecule has 1 saturated heterocycles. The van der Waals surface area contributed by atoms with Crippen LogP contribution in [0.1, 0.15) is 33.6 Å². The lowest BCUT2D eigenvalue weighted by atomic mass is 10.1. The summed E-state index contributed by atoms with van der Waals surface area (Å²) in [6.07, 6.45) is 6.96. The zero-order valence-electron chi connectivity index (χ0n) is 16.9. The fourth-order valence-corrected chi connectivity index (χ4v) is 4.48. The Labute approximate surface area is 174 Å². The van der Waals surface area contributed by atoms with Crippen molar-refractivity contribution < 1.29 is 9.53 Å². The van der Waals surface area contributed by atoms with E-state index in [0.717, 1.165) is 45.7 Å². The molecule has 4 rings (SSSR count). The number of carbonyl (C=O) groups is 1. The first-order valence-electron chi connectivity index (χ1n) is 9.79. The molecule has 8 heteroatoms. The number of hydrogen-bond donors (Lipinski definition) is 1. The van der Waals surface area contributed by atoms with E-state index in [-0.39, 0.29) is 12.1 Å². The van der Waals surface area contributed by atoms with Crippen molar-refractivity contribution in [2.45, 2.75) is 45.3 Å². The van der Waals surface area contributed by atoms with E-state index in [4.69, 9.17) is 4.74 Å². The average Bonchev–Trinajstić information content (AvgIpc) is 3.13. The van der Waals surface area contributed by atoms with Crippen LogP contribution in [0.25, 0.3) is 20.5 Å². The van der Waals surface area contributed by atoms with Crippen molar-refractivity contribution in [2.75, 3.05) is 18.4 Å². The number of pyridine rings is 1. The van der Waals surface area contributed by atoms with Crippen LogP contribution in [-0.4, -0.2) is 50.9 Å². The molecule has 1 aliphatic rings. The molecule has 7 nitrogen and oxygen atoms in total. The highest BCUT2D eigenvalue weighted by molar-refractivity contribution is 7.22. The maximum Gasteiger partial charge on any atom is 0.410 e. The van der Waals surface area contributed by atoms with Gasteiger partial charge in [0.05, 0.1) is 12.4 Å². The molecule has 1 atom stereocenters. The van der Waals surface area contributed by atoms with Crippen LogP contribution in [0, 0.1) is 0 Å². The van der Waals surface area contributed by atoms with Crippen LogP contribution in [0.2, 0.25) is 0 Å². The molecule has 29 heavy (non-hydrogen) atoms. The number of thiophene rings is 1. The van der Waals surface area contributed by atoms with Crippen molar-refractivity contribution in [3.8, 4) is 10.4 Å². The second-order valence-electron chi connectivity index (χ2n) is 8.22. The molecule has 1 N–H and O–H groups in total. The quantitative estimate of drug-likeness (QED) is 0.680. The fourth-order valence-electron chi connectivity index (χ4n) is 3.44. The topological polar surface area (TPSA) is 80.2 Å². The van der Waals surface area contributed by atoms with Gasteiger partial charge in [-0.15, -0.1) is 11.3 Å². The van der Waals surface area contributed by atoms with Crippen LogP contribution in [0.4, 0.5) is 10.6 Å². The summed E-state index contributed by atoms with van der Waals surface area (Å²) in [5, 5.41) is 12.5. The van der Waals surface area contributed by atoms with Gasteiger partial charge < -0.3 is 15.0 Å². The number of piperidine rings is 1. The minimum Gasteiger partial charge on any atom is -0.444 e. The lowest BCUT2D eigenvalue weighted by molar-refractivity contribution is 0.0206. The summed E-state index contributed by atoms with van der Waals surface area (Å²) in [4.78, 5) is 19.9. The molecule has 0 radical (unpaired) electrons. The van der Waals surface area contributed by atoms with Gasteiger partial charge >= 0.3 is 6.09 Å². The summed E-state index contributed by atoms with van der Waals surface area (Å²) < 4.78 is 6.69. The maximum absolute atomic E-state index is 12.4. The number of fused-ring (bicyclic) bond motifs is 1. The molecule has 3 aromatic heterocycles. The van der Waals surface area contributed by atoms with Gasteiger partial charge in [0.15, 0.2) is 0 Å². The number of carbonyl (C=O) groups excluding carboxylic acids is 1. The number of aromatic nitrogens is 3. The second-order valence-corrected chi connectivity index (χ2v) is 9.31. The summed E-state index contributed by atoms with van der Waals surface area (Å²) in [6.45, 7) is 7.01. The van der Waals surface area contributed by atoms with Gasteiger partial charge in [-0.2, -0.15) is 10.2 Å². The largest absolute Gasteiger partial charge is 0.444 e. The third kappa shape index (κ3) is 4.64. The van der Waals surface area contributed by atoms with E-state index in [0.29, 0.717) is 6.54 Å². The molecule has 1 fully saturated rings. The predicted octanol–water partition coefficient (Wildman–Crippen LogP) is 4.56. The molecule has 0 unspecified atom stereocenters. The number of anilines is 1. The van der Waals surface area contributed by atoms with E-state index in [2.05, 4.69) is 26.6 Å². The van der Waals surface area contributed by atoms with Crippen molar-refractivity contribution in [1.29, 1.82) is 0 Å². The molecule has 4 heterocycles. The van der Waals surface area contributed by atoms with E-state index < -0.39 is 5.60 Å². The van der Waals surface area contributed by atoms with Gasteiger partial charge in [0, 0.05) is 45.9 Å². The van der Waals surface area contributed by atoms with Gasteiger partial charge in [0.25, 0.3) is 0 Å². The zero-order chi connectivity index (χ0) is 20.4. The van der Waals surface area contributed by atoms with Crippen LogP contribution < -0.4 is 5.32 Å². The highest BCUT2D eigenvalue weighted by Gasteiger charge is 2.28. The third-order valence-electron chi connectivity index (χ3n) is 4.73. The Bertz CT molecular complexity index is 999. The lowest BCUT2D eigenvalue weighted by Crippen LogP contribution is -2.47. The summed E-state index contributed by atoms with van der Waals surface area (Å²) in [7, 11) is 0. The van der Waals surface area contributed by atoms with Crippen LogP contribution in [0.5, 0.6) is 0 Å². The molecule has 0 bridgehead atoms. The van der Waals surface area contributed by atoms with Gasteiger partial charge in [-0.1, -0.05) is 0 Å². The highest BCUT2D eigenvalue weighted by atomic mass is 32.1. The number of nitrogens with one attached hydrogen (secondary N) is 1. The predicted molar refractivity (Wildman–Crippen MR) is 115 cm³/mol. The summed E-state index contributed by atoms with van der Waals surface area (Å²) in [6, 6.07) is 6.26. The number of ether oxygens (including phenoxy) is 1. The number of nitrogens with zero attached hydrogens (tertiary/aromatic N) is 4. The van der Waals surface area contributed by atoms with E-state index in [1.807, 2.05) is 39.1 Å². The summed E-state index contributed by atoms with van der Waals surface area (Å²) in [5.41, 5.74) is 0.556. The Morgan fingerprint density at radius 2 is 2.14 bits per heavy atom. The van der Waals surface area contributed by atoms with E-state index in [1.54, 1.807) is 28.6 Å². The van der Waals surface area contributed by atoms with Gasteiger partial charge in [-0.25, -0.2) is 9.78 Å². The van der Waals surface area contributed by atoms with Crippen LogP contribution in [0.15, 0.2) is 36.8 Å². The van der Waals surface area contributed by atoms with Crippen molar-refractivity contribution in [3.63, 3.8) is 0 Å². The molecule has 1 amide bonds.